The second-order valence-corrected chi connectivity index (χ2v) is 7.77. The highest BCUT2D eigenvalue weighted by Gasteiger charge is 2.16. The Morgan fingerprint density at radius 2 is 1.79 bits per heavy atom. The lowest BCUT2D eigenvalue weighted by atomic mass is 10.2. The van der Waals surface area contributed by atoms with Crippen LogP contribution in [0.3, 0.4) is 0 Å². The van der Waals surface area contributed by atoms with E-state index in [1.807, 2.05) is 47.5 Å². The third-order valence-electron chi connectivity index (χ3n) is 4.74. The number of aromatic nitrogens is 1. The summed E-state index contributed by atoms with van der Waals surface area (Å²) < 4.78 is 2.13. The quantitative estimate of drug-likeness (QED) is 0.425. The highest BCUT2D eigenvalue weighted by molar-refractivity contribution is 6.31. The number of nitrogens with one attached hydrogen (secondary N) is 1. The van der Waals surface area contributed by atoms with Gasteiger partial charge in [0.1, 0.15) is 0 Å². The zero-order valence-electron chi connectivity index (χ0n) is 16.4. The smallest absolute Gasteiger partial charge is 0.322 e. The Balaban J connectivity index is 1.73. The third-order valence-corrected chi connectivity index (χ3v) is 5.36. The summed E-state index contributed by atoms with van der Waals surface area (Å²) in [5.41, 5.74) is 2.84. The SMILES string of the molecule is CCCCN(Cc1cccn1Cc1ccccc1Cl)C(=O)Nc1ccc(Cl)cc1. The molecule has 1 aromatic heterocycles. The second-order valence-electron chi connectivity index (χ2n) is 6.93. The first-order valence-electron chi connectivity index (χ1n) is 9.75. The number of anilines is 1. The highest BCUT2D eigenvalue weighted by atomic mass is 35.5. The molecule has 6 heteroatoms. The Morgan fingerprint density at radius 3 is 2.52 bits per heavy atom. The van der Waals surface area contributed by atoms with Crippen molar-refractivity contribution in [1.29, 1.82) is 0 Å². The summed E-state index contributed by atoms with van der Waals surface area (Å²) in [6, 6.07) is 18.9. The fourth-order valence-electron chi connectivity index (χ4n) is 3.09. The van der Waals surface area contributed by atoms with Crippen LogP contribution in [0.15, 0.2) is 66.9 Å². The maximum Gasteiger partial charge on any atom is 0.322 e. The minimum Gasteiger partial charge on any atom is -0.345 e. The van der Waals surface area contributed by atoms with E-state index in [-0.39, 0.29) is 6.03 Å². The van der Waals surface area contributed by atoms with Gasteiger partial charge in [0.25, 0.3) is 0 Å². The van der Waals surface area contributed by atoms with Crippen LogP contribution in [0, 0.1) is 0 Å². The van der Waals surface area contributed by atoms with Crippen LogP contribution in [0.4, 0.5) is 10.5 Å². The van der Waals surface area contributed by atoms with Gasteiger partial charge in [-0.1, -0.05) is 54.7 Å². The van der Waals surface area contributed by atoms with Gasteiger partial charge in [-0.05, 0) is 54.4 Å². The van der Waals surface area contributed by atoms with Crippen molar-refractivity contribution in [2.45, 2.75) is 32.9 Å². The molecule has 2 aromatic carbocycles. The summed E-state index contributed by atoms with van der Waals surface area (Å²) in [6.07, 6.45) is 3.98. The molecule has 0 saturated heterocycles. The molecule has 152 valence electrons. The zero-order valence-corrected chi connectivity index (χ0v) is 18.0. The van der Waals surface area contributed by atoms with Gasteiger partial charge in [-0.3, -0.25) is 0 Å². The van der Waals surface area contributed by atoms with Gasteiger partial charge in [0.05, 0.1) is 6.54 Å². The predicted molar refractivity (Wildman–Crippen MR) is 121 cm³/mol. The van der Waals surface area contributed by atoms with Crippen molar-refractivity contribution >= 4 is 34.9 Å². The number of unbranched alkanes of at least 4 members (excludes halogenated alkanes) is 1. The average Bonchev–Trinajstić information content (AvgIpc) is 3.15. The Kier molecular flexibility index (Phi) is 7.62. The van der Waals surface area contributed by atoms with Gasteiger partial charge in [-0.25, -0.2) is 4.79 Å². The summed E-state index contributed by atoms with van der Waals surface area (Å²) in [4.78, 5) is 14.7. The molecule has 0 saturated carbocycles. The van der Waals surface area contributed by atoms with Gasteiger partial charge in [0, 0.05) is 40.7 Å². The van der Waals surface area contributed by atoms with E-state index in [0.717, 1.165) is 34.8 Å². The fraction of sp³-hybridized carbons (Fsp3) is 0.261. The first-order valence-corrected chi connectivity index (χ1v) is 10.5. The lowest BCUT2D eigenvalue weighted by Gasteiger charge is -2.24. The molecular weight excluding hydrogens is 405 g/mol. The number of halogens is 2. The van der Waals surface area contributed by atoms with Gasteiger partial charge < -0.3 is 14.8 Å². The van der Waals surface area contributed by atoms with E-state index in [9.17, 15) is 4.79 Å². The van der Waals surface area contributed by atoms with Crippen LogP contribution in [0.25, 0.3) is 0 Å². The number of carbonyl (C=O) groups excluding carboxylic acids is 1. The van der Waals surface area contributed by atoms with Crippen molar-refractivity contribution in [3.05, 3.63) is 88.2 Å². The predicted octanol–water partition coefficient (Wildman–Crippen LogP) is 6.68. The minimum absolute atomic E-state index is 0.119. The van der Waals surface area contributed by atoms with E-state index in [0.29, 0.717) is 24.7 Å². The molecule has 0 spiro atoms. The number of hydrogen-bond acceptors (Lipinski definition) is 1. The normalized spacial score (nSPS) is 10.7. The van der Waals surface area contributed by atoms with Crippen LogP contribution < -0.4 is 5.32 Å². The Hall–Kier alpha value is -2.43. The summed E-state index contributed by atoms with van der Waals surface area (Å²) in [6.45, 7) is 4.00. The van der Waals surface area contributed by atoms with Crippen molar-refractivity contribution in [3.63, 3.8) is 0 Å². The molecule has 0 aliphatic rings. The number of carbonyl (C=O) groups is 1. The summed E-state index contributed by atoms with van der Waals surface area (Å²) in [5, 5.41) is 4.35. The van der Waals surface area contributed by atoms with Crippen LogP contribution in [0.5, 0.6) is 0 Å². The van der Waals surface area contributed by atoms with Crippen LogP contribution in [0.2, 0.25) is 10.0 Å². The summed E-state index contributed by atoms with van der Waals surface area (Å²) >= 11 is 12.3. The molecule has 2 amide bonds. The maximum absolute atomic E-state index is 12.9. The largest absolute Gasteiger partial charge is 0.345 e. The van der Waals surface area contributed by atoms with Crippen molar-refractivity contribution in [1.82, 2.24) is 9.47 Å². The van der Waals surface area contributed by atoms with Crippen molar-refractivity contribution in [2.75, 3.05) is 11.9 Å². The molecule has 0 radical (unpaired) electrons. The number of benzene rings is 2. The Morgan fingerprint density at radius 1 is 1.03 bits per heavy atom. The van der Waals surface area contributed by atoms with Crippen molar-refractivity contribution < 1.29 is 4.79 Å². The minimum atomic E-state index is -0.119. The first kappa shape index (κ1) is 21.3. The topological polar surface area (TPSA) is 37.3 Å². The molecule has 0 bridgehead atoms. The number of hydrogen-bond donors (Lipinski definition) is 1. The van der Waals surface area contributed by atoms with Crippen molar-refractivity contribution in [2.24, 2.45) is 0 Å². The van der Waals surface area contributed by atoms with E-state index < -0.39 is 0 Å². The van der Waals surface area contributed by atoms with Crippen LogP contribution in [-0.2, 0) is 13.1 Å². The van der Waals surface area contributed by atoms with Gasteiger partial charge >= 0.3 is 6.03 Å². The standard InChI is InChI=1S/C23H25Cl2N3O/c1-2-3-14-28(23(29)26-20-12-10-19(24)11-13-20)17-21-8-6-15-27(21)16-18-7-4-5-9-22(18)25/h4-13,15H,2-3,14,16-17H2,1H3,(H,26,29). The zero-order chi connectivity index (χ0) is 20.6. The molecule has 29 heavy (non-hydrogen) atoms. The lowest BCUT2D eigenvalue weighted by molar-refractivity contribution is 0.207. The number of nitrogens with zero attached hydrogens (tertiary/aromatic N) is 2. The first-order chi connectivity index (χ1) is 14.1. The van der Waals surface area contributed by atoms with Gasteiger partial charge in [-0.15, -0.1) is 0 Å². The number of urea groups is 1. The van der Waals surface area contributed by atoms with E-state index in [1.165, 1.54) is 0 Å². The van der Waals surface area contributed by atoms with E-state index in [4.69, 9.17) is 23.2 Å². The molecule has 1 heterocycles. The molecule has 1 N–H and O–H groups in total. The maximum atomic E-state index is 12.9. The third kappa shape index (κ3) is 6.02. The molecule has 0 atom stereocenters. The molecule has 0 fully saturated rings. The van der Waals surface area contributed by atoms with E-state index in [2.05, 4.69) is 16.8 Å². The molecule has 0 aliphatic carbocycles. The Labute approximate surface area is 182 Å². The lowest BCUT2D eigenvalue weighted by Crippen LogP contribution is -2.36. The molecule has 3 aromatic rings. The summed E-state index contributed by atoms with van der Waals surface area (Å²) in [5.74, 6) is 0. The van der Waals surface area contributed by atoms with Gasteiger partial charge in [-0.2, -0.15) is 0 Å². The Bertz CT molecular complexity index is 937. The van der Waals surface area contributed by atoms with E-state index >= 15 is 0 Å². The highest BCUT2D eigenvalue weighted by Crippen LogP contribution is 2.19. The average molecular weight is 430 g/mol. The van der Waals surface area contributed by atoms with Gasteiger partial charge in [0.15, 0.2) is 0 Å². The van der Waals surface area contributed by atoms with Crippen LogP contribution in [0.1, 0.15) is 31.0 Å². The monoisotopic (exact) mass is 429 g/mol. The van der Waals surface area contributed by atoms with Crippen LogP contribution >= 0.6 is 23.2 Å². The molecular formula is C23H25Cl2N3O. The number of amides is 2. The molecule has 0 unspecified atom stereocenters. The second kappa shape index (κ2) is 10.4. The fourth-order valence-corrected chi connectivity index (χ4v) is 3.41. The molecule has 4 nitrogen and oxygen atoms in total. The molecule has 3 rings (SSSR count). The van der Waals surface area contributed by atoms with E-state index in [1.54, 1.807) is 24.3 Å². The summed E-state index contributed by atoms with van der Waals surface area (Å²) in [7, 11) is 0. The van der Waals surface area contributed by atoms with Gasteiger partial charge in [0.2, 0.25) is 0 Å². The molecule has 0 aliphatic heterocycles. The van der Waals surface area contributed by atoms with Crippen molar-refractivity contribution in [3.8, 4) is 0 Å². The van der Waals surface area contributed by atoms with Crippen LogP contribution in [-0.4, -0.2) is 22.0 Å². The number of rotatable bonds is 8.